The minimum atomic E-state index is 0.174. The molecule has 64 heavy (non-hydrogen) atoms. The third-order valence-electron chi connectivity index (χ3n) is 20.4. The highest BCUT2D eigenvalue weighted by molar-refractivity contribution is 6.01. The summed E-state index contributed by atoms with van der Waals surface area (Å²) >= 11 is 0. The Labute approximate surface area is 391 Å². The molecule has 0 spiro atoms. The lowest BCUT2D eigenvalue weighted by molar-refractivity contribution is -0.117. The molecule has 4 saturated carbocycles. The number of hydrogen-bond acceptors (Lipinski definition) is 4. The predicted molar refractivity (Wildman–Crippen MR) is 266 cm³/mol. The first-order valence-electron chi connectivity index (χ1n) is 26.2. The second-order valence-electron chi connectivity index (χ2n) is 25.4. The van der Waals surface area contributed by atoms with Gasteiger partial charge in [-0.05, 0) is 199 Å². The highest BCUT2D eigenvalue weighted by Crippen LogP contribution is 2.67. The number of fused-ring (bicyclic) bond motifs is 6. The maximum absolute atomic E-state index is 12.2. The van der Waals surface area contributed by atoms with E-state index in [0.717, 1.165) is 62.7 Å². The fraction of sp³-hybridized carbons (Fsp3) is 0.750. The Bertz CT molecular complexity index is 2030. The van der Waals surface area contributed by atoms with Crippen molar-refractivity contribution in [3.8, 4) is 0 Å². The van der Waals surface area contributed by atoms with Crippen LogP contribution in [-0.4, -0.2) is 29.1 Å². The minimum Gasteiger partial charge on any atom is -0.366 e. The molecular weight excluding hydrogens is 785 g/mol. The Morgan fingerprint density at radius 2 is 1.28 bits per heavy atom. The average molecular weight is 875 g/mol. The zero-order valence-electron chi connectivity index (χ0n) is 43.1. The number of hydrogen-bond donors (Lipinski definition) is 0. The molecule has 354 valence electrons. The topological polar surface area (TPSA) is 63.7 Å². The van der Waals surface area contributed by atoms with Gasteiger partial charge in [0, 0.05) is 30.3 Å². The first-order valence-corrected chi connectivity index (χ1v) is 26.2. The van der Waals surface area contributed by atoms with Crippen molar-refractivity contribution in [2.45, 2.75) is 211 Å². The van der Waals surface area contributed by atoms with E-state index in [1.807, 2.05) is 0 Å². The molecule has 9 aliphatic carbocycles. The van der Waals surface area contributed by atoms with Gasteiger partial charge in [-0.25, -0.2) is 0 Å². The molecule has 0 aromatic heterocycles. The van der Waals surface area contributed by atoms with E-state index in [1.165, 1.54) is 114 Å². The molecule has 3 unspecified atom stereocenters. The average Bonchev–Trinajstić information content (AvgIpc) is 3.60. The number of rotatable bonds is 2. The lowest BCUT2D eigenvalue weighted by atomic mass is 9.52. The van der Waals surface area contributed by atoms with Gasteiger partial charge in [0.15, 0.2) is 17.3 Å². The summed E-state index contributed by atoms with van der Waals surface area (Å²) in [5.74, 6) is 7.51. The summed E-state index contributed by atoms with van der Waals surface area (Å²) in [6, 6.07) is 0. The molecule has 1 heterocycles. The molecule has 10 rings (SSSR count). The molecule has 0 amide bonds. The summed E-state index contributed by atoms with van der Waals surface area (Å²) in [6.07, 6.45) is 19.8. The van der Waals surface area contributed by atoms with Crippen LogP contribution in [0.3, 0.4) is 0 Å². The summed E-state index contributed by atoms with van der Waals surface area (Å²) in [4.78, 5) is 36.2. The van der Waals surface area contributed by atoms with Crippen molar-refractivity contribution < 1.29 is 19.1 Å². The van der Waals surface area contributed by atoms with Crippen LogP contribution >= 0.6 is 0 Å². The van der Waals surface area contributed by atoms with Gasteiger partial charge in [0.25, 0.3) is 0 Å². The monoisotopic (exact) mass is 875 g/mol. The smallest absolute Gasteiger partial charge is 0.159 e. The Morgan fingerprint density at radius 3 is 1.94 bits per heavy atom. The van der Waals surface area contributed by atoms with E-state index in [4.69, 9.17) is 4.74 Å². The summed E-state index contributed by atoms with van der Waals surface area (Å²) in [5, 5.41) is 0. The molecule has 4 heteroatoms. The van der Waals surface area contributed by atoms with Crippen LogP contribution in [0.25, 0.3) is 0 Å². The van der Waals surface area contributed by atoms with Crippen molar-refractivity contribution in [1.29, 1.82) is 0 Å². The normalized spacial score (nSPS) is 41.3. The van der Waals surface area contributed by atoms with E-state index in [0.29, 0.717) is 75.7 Å². The van der Waals surface area contributed by atoms with Crippen LogP contribution in [0.5, 0.6) is 0 Å². The van der Waals surface area contributed by atoms with Crippen LogP contribution in [0.4, 0.5) is 0 Å². The van der Waals surface area contributed by atoms with Crippen molar-refractivity contribution in [3.05, 3.63) is 69.9 Å². The van der Waals surface area contributed by atoms with Crippen LogP contribution in [0.2, 0.25) is 0 Å². The van der Waals surface area contributed by atoms with Gasteiger partial charge in [-0.15, -0.1) is 0 Å². The molecule has 0 N–H and O–H groups in total. The SMILES string of the molecule is C=C(C)[C@@H]1CCC(C)=C2C(=O)C[C@H](C)[C@@H]2C1.C=C(C)[C@@H]1CC[C@H](C)C2=C(C1)[C@@H](C)CC2=O.C=C1CC[C@H]2O[C@]2(C)CC[C@@H]2[C@@H]1CC2(C)C.CC1CC(=O)C2=C1CC1CCC2(C)C1(C)C. The molecule has 0 aromatic rings. The molecule has 4 nitrogen and oxygen atoms in total. The number of ether oxygens (including phenoxy) is 1. The van der Waals surface area contributed by atoms with Crippen LogP contribution in [0, 0.1) is 75.4 Å². The van der Waals surface area contributed by atoms with Crippen molar-refractivity contribution in [3.63, 3.8) is 0 Å². The molecule has 2 bridgehead atoms. The van der Waals surface area contributed by atoms with E-state index >= 15 is 0 Å². The zero-order valence-corrected chi connectivity index (χ0v) is 43.1. The fourth-order valence-electron chi connectivity index (χ4n) is 15.2. The predicted octanol–water partition coefficient (Wildman–Crippen LogP) is 15.5. The van der Waals surface area contributed by atoms with Gasteiger partial charge >= 0.3 is 0 Å². The third kappa shape index (κ3) is 9.08. The van der Waals surface area contributed by atoms with Crippen LogP contribution in [0.15, 0.2) is 69.9 Å². The van der Waals surface area contributed by atoms with Gasteiger partial charge in [-0.3, -0.25) is 14.4 Å². The molecule has 0 radical (unpaired) electrons. The number of carbonyl (C=O) groups excluding carboxylic acids is 3. The summed E-state index contributed by atoms with van der Waals surface area (Å²) in [7, 11) is 0. The molecule has 10 aliphatic rings. The maximum atomic E-state index is 12.2. The van der Waals surface area contributed by atoms with E-state index in [2.05, 4.69) is 110 Å². The van der Waals surface area contributed by atoms with E-state index < -0.39 is 0 Å². The van der Waals surface area contributed by atoms with Gasteiger partial charge in [-0.2, -0.15) is 0 Å². The number of allylic oxidation sites excluding steroid dienone is 9. The number of carbonyl (C=O) groups is 3. The second kappa shape index (κ2) is 18.1. The number of Topliss-reactive ketones (excluding diaryl/α,β-unsaturated/α-hetero) is 3. The van der Waals surface area contributed by atoms with E-state index in [9.17, 15) is 14.4 Å². The van der Waals surface area contributed by atoms with Crippen molar-refractivity contribution in [2.24, 2.45) is 75.4 Å². The largest absolute Gasteiger partial charge is 0.366 e. The van der Waals surface area contributed by atoms with Crippen molar-refractivity contribution >= 4 is 17.3 Å². The highest BCUT2D eigenvalue weighted by atomic mass is 16.6. The maximum Gasteiger partial charge on any atom is 0.159 e. The number of ketones is 3. The minimum absolute atomic E-state index is 0.174. The third-order valence-corrected chi connectivity index (χ3v) is 20.4. The lowest BCUT2D eigenvalue weighted by Gasteiger charge is -2.53. The molecule has 1 saturated heterocycles. The fourth-order valence-corrected chi connectivity index (χ4v) is 15.2. The summed E-state index contributed by atoms with van der Waals surface area (Å²) in [5.41, 5.74) is 13.3. The van der Waals surface area contributed by atoms with Crippen molar-refractivity contribution in [1.82, 2.24) is 0 Å². The molecular formula is C60H90O4. The van der Waals surface area contributed by atoms with Crippen molar-refractivity contribution in [2.75, 3.05) is 0 Å². The Kier molecular flexibility index (Phi) is 14.0. The van der Waals surface area contributed by atoms with Gasteiger partial charge in [0.2, 0.25) is 0 Å². The van der Waals surface area contributed by atoms with E-state index in [1.54, 1.807) is 0 Å². The molecule has 5 fully saturated rings. The Balaban J connectivity index is 0.000000128. The molecule has 13 atom stereocenters. The van der Waals surface area contributed by atoms with Crippen LogP contribution in [0.1, 0.15) is 199 Å². The van der Waals surface area contributed by atoms with E-state index in [-0.39, 0.29) is 11.0 Å². The summed E-state index contributed by atoms with van der Waals surface area (Å²) in [6.45, 7) is 42.1. The highest BCUT2D eigenvalue weighted by Gasteiger charge is 2.60. The Morgan fingerprint density at radius 1 is 0.641 bits per heavy atom. The van der Waals surface area contributed by atoms with Crippen LogP contribution in [-0.2, 0) is 19.1 Å². The van der Waals surface area contributed by atoms with Gasteiger partial charge in [0.05, 0.1) is 11.7 Å². The molecule has 0 aromatic carbocycles. The van der Waals surface area contributed by atoms with Gasteiger partial charge in [0.1, 0.15) is 0 Å². The standard InChI is InChI=1S/C15H22O.C15H24O.2C15H22O/c1-9-7-12(16)13-11(9)8-10-5-6-15(13,4)14(10,2)3;1-10-5-6-13-15(4,16-13)8-7-12-11(10)9-14(12,2)3;2*1-9(2)12-6-5-10(3)15-13(8-12)11(4)7-14(15)16/h9-10H,5-8H2,1-4H3;11-13H,1,5-9H2,2-4H3;11-13H,1,5-8H2,2-4H3;10-12H,1,5-8H2,2-4H3/t;11-,12-,13-,15-;11-,12+,13-;10-,11-,12+/m.100/s1. The second-order valence-corrected chi connectivity index (χ2v) is 25.4. The zero-order chi connectivity index (χ0) is 47.0. The first-order chi connectivity index (χ1) is 29.8. The molecule has 1 aliphatic heterocycles. The van der Waals surface area contributed by atoms with Crippen LogP contribution < -0.4 is 0 Å². The van der Waals surface area contributed by atoms with Gasteiger partial charge < -0.3 is 4.74 Å². The number of epoxide rings is 1. The first kappa shape index (κ1) is 49.3. The lowest BCUT2D eigenvalue weighted by Crippen LogP contribution is -2.44. The Hall–Kier alpha value is -2.59. The summed E-state index contributed by atoms with van der Waals surface area (Å²) < 4.78 is 5.86. The quantitative estimate of drug-likeness (QED) is 0.205. The van der Waals surface area contributed by atoms with Gasteiger partial charge in [-0.1, -0.05) is 115 Å².